The van der Waals surface area contributed by atoms with Crippen molar-refractivity contribution in [2.75, 3.05) is 38.6 Å². The second kappa shape index (κ2) is 10.6. The molecule has 2 aromatic rings. The second-order valence-electron chi connectivity index (χ2n) is 7.83. The van der Waals surface area contributed by atoms with Crippen molar-refractivity contribution >= 4 is 17.7 Å². The SMILES string of the molecule is Cc1cccc(N2CCC(NC(=NCc3ccccc3)NCC(=O)N(C)C)CC2)n1. The normalized spacial score (nSPS) is 15.0. The summed E-state index contributed by atoms with van der Waals surface area (Å²) < 4.78 is 0. The highest BCUT2D eigenvalue weighted by molar-refractivity contribution is 5.86. The number of aromatic nitrogens is 1. The third kappa shape index (κ3) is 6.47. The van der Waals surface area contributed by atoms with Gasteiger partial charge in [-0.25, -0.2) is 9.98 Å². The van der Waals surface area contributed by atoms with Gasteiger partial charge >= 0.3 is 0 Å². The molecular formula is C23H32N6O. The van der Waals surface area contributed by atoms with Gasteiger partial charge in [-0.3, -0.25) is 4.79 Å². The van der Waals surface area contributed by atoms with E-state index in [0.29, 0.717) is 18.5 Å². The molecule has 0 unspecified atom stereocenters. The number of carbonyl (C=O) groups excluding carboxylic acids is 1. The van der Waals surface area contributed by atoms with Crippen molar-refractivity contribution in [1.29, 1.82) is 0 Å². The van der Waals surface area contributed by atoms with Crippen LogP contribution in [0, 0.1) is 6.92 Å². The predicted octanol–water partition coefficient (Wildman–Crippen LogP) is 2.18. The standard InChI is InChI=1S/C23H32N6O/c1-18-8-7-11-21(26-18)29-14-12-20(13-15-29)27-23(25-17-22(30)28(2)3)24-16-19-9-5-4-6-10-19/h4-11,20H,12-17H2,1-3H3,(H2,24,25,27). The Hall–Kier alpha value is -3.09. The Morgan fingerprint density at radius 2 is 1.87 bits per heavy atom. The number of nitrogens with one attached hydrogen (secondary N) is 2. The number of guanidine groups is 1. The molecule has 0 saturated carbocycles. The fourth-order valence-electron chi connectivity index (χ4n) is 3.37. The van der Waals surface area contributed by atoms with E-state index in [9.17, 15) is 4.79 Å². The second-order valence-corrected chi connectivity index (χ2v) is 7.83. The van der Waals surface area contributed by atoms with E-state index in [0.717, 1.165) is 43.0 Å². The molecular weight excluding hydrogens is 376 g/mol. The minimum atomic E-state index is 0.0181. The summed E-state index contributed by atoms with van der Waals surface area (Å²) in [7, 11) is 3.51. The van der Waals surface area contributed by atoms with E-state index in [4.69, 9.17) is 4.99 Å². The number of hydrogen-bond acceptors (Lipinski definition) is 4. The van der Waals surface area contributed by atoms with Crippen LogP contribution < -0.4 is 15.5 Å². The Balaban J connectivity index is 1.59. The van der Waals surface area contributed by atoms with E-state index in [1.165, 1.54) is 0 Å². The molecule has 0 radical (unpaired) electrons. The van der Waals surface area contributed by atoms with Crippen LogP contribution in [-0.4, -0.2) is 61.5 Å². The Morgan fingerprint density at radius 3 is 2.53 bits per heavy atom. The molecule has 7 heteroatoms. The van der Waals surface area contributed by atoms with Crippen molar-refractivity contribution in [3.05, 3.63) is 59.8 Å². The molecule has 1 aliphatic heterocycles. The maximum atomic E-state index is 12.0. The molecule has 0 atom stereocenters. The van der Waals surface area contributed by atoms with E-state index < -0.39 is 0 Å². The van der Waals surface area contributed by atoms with Gasteiger partial charge in [0.2, 0.25) is 5.91 Å². The average Bonchev–Trinajstić information content (AvgIpc) is 2.76. The summed E-state index contributed by atoms with van der Waals surface area (Å²) in [6, 6.07) is 16.6. The highest BCUT2D eigenvalue weighted by Gasteiger charge is 2.21. The van der Waals surface area contributed by atoms with Crippen LogP contribution in [0.3, 0.4) is 0 Å². The Labute approximate surface area is 179 Å². The lowest BCUT2D eigenvalue weighted by Crippen LogP contribution is -2.50. The zero-order valence-electron chi connectivity index (χ0n) is 18.1. The molecule has 30 heavy (non-hydrogen) atoms. The fraction of sp³-hybridized carbons (Fsp3) is 0.435. The molecule has 1 fully saturated rings. The molecule has 1 amide bonds. The van der Waals surface area contributed by atoms with E-state index in [1.807, 2.05) is 31.2 Å². The number of carbonyl (C=O) groups is 1. The molecule has 2 N–H and O–H groups in total. The van der Waals surface area contributed by atoms with Crippen molar-refractivity contribution in [3.63, 3.8) is 0 Å². The molecule has 1 aliphatic rings. The summed E-state index contributed by atoms with van der Waals surface area (Å²) in [5, 5.41) is 6.72. The van der Waals surface area contributed by atoms with Gasteiger partial charge in [-0.1, -0.05) is 36.4 Å². The van der Waals surface area contributed by atoms with Crippen LogP contribution >= 0.6 is 0 Å². The maximum Gasteiger partial charge on any atom is 0.241 e. The summed E-state index contributed by atoms with van der Waals surface area (Å²) >= 11 is 0. The third-order valence-corrected chi connectivity index (χ3v) is 5.20. The van der Waals surface area contributed by atoms with Crippen LogP contribution in [0.15, 0.2) is 53.5 Å². The average molecular weight is 409 g/mol. The van der Waals surface area contributed by atoms with Crippen molar-refractivity contribution in [3.8, 4) is 0 Å². The number of aryl methyl sites for hydroxylation is 1. The van der Waals surface area contributed by atoms with Crippen LogP contribution in [0.25, 0.3) is 0 Å². The van der Waals surface area contributed by atoms with E-state index in [2.05, 4.69) is 44.8 Å². The van der Waals surface area contributed by atoms with Gasteiger partial charge in [0.1, 0.15) is 5.82 Å². The van der Waals surface area contributed by atoms with Crippen LogP contribution in [0.4, 0.5) is 5.82 Å². The van der Waals surface area contributed by atoms with Gasteiger partial charge in [0.05, 0.1) is 13.1 Å². The lowest BCUT2D eigenvalue weighted by Gasteiger charge is -2.34. The Bertz CT molecular complexity index is 844. The quantitative estimate of drug-likeness (QED) is 0.566. The van der Waals surface area contributed by atoms with Crippen molar-refractivity contribution in [1.82, 2.24) is 20.5 Å². The van der Waals surface area contributed by atoms with Gasteiger partial charge in [-0.15, -0.1) is 0 Å². The van der Waals surface area contributed by atoms with Crippen LogP contribution in [0.2, 0.25) is 0 Å². The first kappa shape index (κ1) is 21.6. The molecule has 0 spiro atoms. The van der Waals surface area contributed by atoms with Crippen molar-refractivity contribution in [2.24, 2.45) is 4.99 Å². The number of amides is 1. The van der Waals surface area contributed by atoms with Gasteiger partial charge in [0.25, 0.3) is 0 Å². The highest BCUT2D eigenvalue weighted by atomic mass is 16.2. The molecule has 1 aromatic carbocycles. The summed E-state index contributed by atoms with van der Waals surface area (Å²) in [4.78, 5) is 25.3. The number of hydrogen-bond donors (Lipinski definition) is 2. The van der Waals surface area contributed by atoms with E-state index in [1.54, 1.807) is 19.0 Å². The fourth-order valence-corrected chi connectivity index (χ4v) is 3.37. The Morgan fingerprint density at radius 1 is 1.13 bits per heavy atom. The lowest BCUT2D eigenvalue weighted by molar-refractivity contribution is -0.127. The summed E-state index contributed by atoms with van der Waals surface area (Å²) in [5.41, 5.74) is 2.18. The molecule has 0 aliphatic carbocycles. The van der Waals surface area contributed by atoms with Crippen LogP contribution in [0.5, 0.6) is 0 Å². The first-order chi connectivity index (χ1) is 14.5. The van der Waals surface area contributed by atoms with Gasteiger partial charge in [-0.2, -0.15) is 0 Å². The molecule has 1 saturated heterocycles. The van der Waals surface area contributed by atoms with Gasteiger partial charge in [0.15, 0.2) is 5.96 Å². The zero-order chi connectivity index (χ0) is 21.3. The number of rotatable bonds is 6. The summed E-state index contributed by atoms with van der Waals surface area (Å²) in [6.07, 6.45) is 1.98. The molecule has 1 aromatic heterocycles. The number of aliphatic imine (C=N–C) groups is 1. The van der Waals surface area contributed by atoms with E-state index >= 15 is 0 Å². The molecule has 160 valence electrons. The zero-order valence-corrected chi connectivity index (χ0v) is 18.1. The number of piperidine rings is 1. The van der Waals surface area contributed by atoms with E-state index in [-0.39, 0.29) is 12.5 Å². The number of likely N-dealkylation sites (N-methyl/N-ethyl adjacent to an activating group) is 1. The van der Waals surface area contributed by atoms with Crippen molar-refractivity contribution in [2.45, 2.75) is 32.4 Å². The summed E-state index contributed by atoms with van der Waals surface area (Å²) in [5.74, 6) is 1.74. The van der Waals surface area contributed by atoms with Crippen LogP contribution in [-0.2, 0) is 11.3 Å². The van der Waals surface area contributed by atoms with Gasteiger partial charge in [-0.05, 0) is 37.5 Å². The number of anilines is 1. The molecule has 0 bridgehead atoms. The summed E-state index contributed by atoms with van der Waals surface area (Å²) in [6.45, 7) is 4.69. The molecule has 3 rings (SSSR count). The lowest BCUT2D eigenvalue weighted by atomic mass is 10.1. The Kier molecular flexibility index (Phi) is 7.65. The number of nitrogens with zero attached hydrogens (tertiary/aromatic N) is 4. The highest BCUT2D eigenvalue weighted by Crippen LogP contribution is 2.18. The third-order valence-electron chi connectivity index (χ3n) is 5.20. The maximum absolute atomic E-state index is 12.0. The van der Waals surface area contributed by atoms with Gasteiger partial charge in [0, 0.05) is 38.9 Å². The first-order valence-corrected chi connectivity index (χ1v) is 10.5. The van der Waals surface area contributed by atoms with Crippen LogP contribution in [0.1, 0.15) is 24.1 Å². The van der Waals surface area contributed by atoms with Crippen molar-refractivity contribution < 1.29 is 4.79 Å². The largest absolute Gasteiger partial charge is 0.356 e. The van der Waals surface area contributed by atoms with Gasteiger partial charge < -0.3 is 20.4 Å². The topological polar surface area (TPSA) is 72.9 Å². The number of benzene rings is 1. The number of pyridine rings is 1. The molecule has 2 heterocycles. The smallest absolute Gasteiger partial charge is 0.241 e. The molecule has 7 nitrogen and oxygen atoms in total. The first-order valence-electron chi connectivity index (χ1n) is 10.5. The predicted molar refractivity (Wildman–Crippen MR) is 122 cm³/mol. The minimum Gasteiger partial charge on any atom is -0.356 e. The monoisotopic (exact) mass is 408 g/mol. The minimum absolute atomic E-state index is 0.0181.